The van der Waals surface area contributed by atoms with E-state index in [0.29, 0.717) is 27.1 Å². The van der Waals surface area contributed by atoms with Gasteiger partial charge in [-0.25, -0.2) is 0 Å². The zero-order chi connectivity index (χ0) is 14.4. The molecule has 5 atom stereocenters. The molecule has 4 aliphatic rings. The van der Waals surface area contributed by atoms with Gasteiger partial charge in [-0.2, -0.15) is 0 Å². The van der Waals surface area contributed by atoms with Gasteiger partial charge < -0.3 is 0 Å². The molecule has 0 N–H and O–H groups in total. The largest absolute Gasteiger partial charge is 0.0596 e. The first-order valence-corrected chi connectivity index (χ1v) is 9.17. The summed E-state index contributed by atoms with van der Waals surface area (Å²) in [6.07, 6.45) is 13.7. The van der Waals surface area contributed by atoms with Crippen molar-refractivity contribution < 1.29 is 0 Å². The van der Waals surface area contributed by atoms with E-state index in [0.717, 1.165) is 5.92 Å². The maximum absolute atomic E-state index is 2.73. The third-order valence-corrected chi connectivity index (χ3v) is 9.16. The van der Waals surface area contributed by atoms with Crippen LogP contribution in [0.25, 0.3) is 0 Å². The Kier molecular flexibility index (Phi) is 2.38. The molecular formula is C20H34. The molecule has 0 heterocycles. The molecule has 0 amide bonds. The Morgan fingerprint density at radius 1 is 0.750 bits per heavy atom. The summed E-state index contributed by atoms with van der Waals surface area (Å²) in [4.78, 5) is 0. The molecule has 0 unspecified atom stereocenters. The molecule has 4 saturated carbocycles. The van der Waals surface area contributed by atoms with Crippen LogP contribution >= 0.6 is 0 Å². The monoisotopic (exact) mass is 274 g/mol. The highest BCUT2D eigenvalue weighted by atomic mass is 14.8. The van der Waals surface area contributed by atoms with Crippen LogP contribution in [0.3, 0.4) is 0 Å². The van der Waals surface area contributed by atoms with Crippen molar-refractivity contribution in [1.29, 1.82) is 0 Å². The van der Waals surface area contributed by atoms with E-state index in [1.165, 1.54) is 44.9 Å². The molecule has 0 radical (unpaired) electrons. The second-order valence-electron chi connectivity index (χ2n) is 10.7. The van der Waals surface area contributed by atoms with Crippen LogP contribution in [0.1, 0.15) is 92.4 Å². The van der Waals surface area contributed by atoms with Gasteiger partial charge >= 0.3 is 0 Å². The SMILES string of the molecule is CC1(C)CCC[C@@]2(C)[C@H]1CC[C@@]1(C)C[C@]3(C)CC[C@@]12C3. The molecule has 0 heteroatoms. The molecule has 4 aliphatic carbocycles. The van der Waals surface area contributed by atoms with E-state index in [-0.39, 0.29) is 0 Å². The summed E-state index contributed by atoms with van der Waals surface area (Å²) in [5, 5.41) is 0. The highest BCUT2D eigenvalue weighted by Crippen LogP contribution is 2.82. The van der Waals surface area contributed by atoms with Crippen molar-refractivity contribution in [2.45, 2.75) is 92.4 Å². The first-order chi connectivity index (χ1) is 9.17. The second-order valence-corrected chi connectivity index (χ2v) is 10.7. The third-order valence-electron chi connectivity index (χ3n) is 9.16. The van der Waals surface area contributed by atoms with Crippen molar-refractivity contribution in [3.63, 3.8) is 0 Å². The van der Waals surface area contributed by atoms with Crippen LogP contribution in [-0.2, 0) is 0 Å². The lowest BCUT2D eigenvalue weighted by Gasteiger charge is -2.67. The topological polar surface area (TPSA) is 0 Å². The van der Waals surface area contributed by atoms with E-state index >= 15 is 0 Å². The molecule has 20 heavy (non-hydrogen) atoms. The first kappa shape index (κ1) is 13.6. The van der Waals surface area contributed by atoms with E-state index < -0.39 is 0 Å². The minimum absolute atomic E-state index is 0.588. The molecule has 2 bridgehead atoms. The highest BCUT2D eigenvalue weighted by molar-refractivity contribution is 5.22. The maximum atomic E-state index is 2.73. The Balaban J connectivity index is 1.85. The number of fused-ring (bicyclic) bond motifs is 2. The lowest BCUT2D eigenvalue weighted by atomic mass is 9.37. The molecular weight excluding hydrogens is 240 g/mol. The van der Waals surface area contributed by atoms with Crippen LogP contribution in [0, 0.1) is 33.0 Å². The zero-order valence-corrected chi connectivity index (χ0v) is 14.4. The van der Waals surface area contributed by atoms with Gasteiger partial charge in [0.05, 0.1) is 0 Å². The Morgan fingerprint density at radius 3 is 2.20 bits per heavy atom. The molecule has 0 aromatic heterocycles. The highest BCUT2D eigenvalue weighted by Gasteiger charge is 2.73. The van der Waals surface area contributed by atoms with E-state index in [9.17, 15) is 0 Å². The average molecular weight is 274 g/mol. The molecule has 0 nitrogen and oxygen atoms in total. The van der Waals surface area contributed by atoms with Gasteiger partial charge in [-0.05, 0) is 84.4 Å². The summed E-state index contributed by atoms with van der Waals surface area (Å²) >= 11 is 0. The summed E-state index contributed by atoms with van der Waals surface area (Å²) in [6, 6.07) is 0. The summed E-state index contributed by atoms with van der Waals surface area (Å²) in [7, 11) is 0. The van der Waals surface area contributed by atoms with Crippen LogP contribution in [-0.4, -0.2) is 0 Å². The molecule has 4 fully saturated rings. The molecule has 114 valence electrons. The fourth-order valence-corrected chi connectivity index (χ4v) is 8.57. The number of rotatable bonds is 0. The van der Waals surface area contributed by atoms with Gasteiger partial charge in [-0.1, -0.05) is 41.0 Å². The Morgan fingerprint density at radius 2 is 1.50 bits per heavy atom. The zero-order valence-electron chi connectivity index (χ0n) is 14.4. The van der Waals surface area contributed by atoms with Gasteiger partial charge in [0.2, 0.25) is 0 Å². The van der Waals surface area contributed by atoms with Crippen LogP contribution in [0.5, 0.6) is 0 Å². The van der Waals surface area contributed by atoms with Gasteiger partial charge in [0.15, 0.2) is 0 Å². The van der Waals surface area contributed by atoms with Gasteiger partial charge in [0.1, 0.15) is 0 Å². The lowest BCUT2D eigenvalue weighted by molar-refractivity contribution is -0.184. The van der Waals surface area contributed by atoms with Crippen LogP contribution < -0.4 is 0 Å². The fraction of sp³-hybridized carbons (Fsp3) is 1.00. The Labute approximate surface area is 126 Å². The standard InChI is InChI=1S/C20H34/c1-16(2)8-6-9-19(5)15(16)7-10-18(4)13-17(3)11-12-20(18,19)14-17/h15H,6-14H2,1-5H3/t15-,17-,18-,19-,20+/m0/s1. The Bertz CT molecular complexity index is 449. The smallest absolute Gasteiger partial charge is 0.0181 e. The van der Waals surface area contributed by atoms with Crippen molar-refractivity contribution in [2.75, 3.05) is 0 Å². The van der Waals surface area contributed by atoms with Crippen molar-refractivity contribution in [3.05, 3.63) is 0 Å². The van der Waals surface area contributed by atoms with Crippen LogP contribution in [0.15, 0.2) is 0 Å². The predicted molar refractivity (Wildman–Crippen MR) is 85.6 cm³/mol. The summed E-state index contributed by atoms with van der Waals surface area (Å²) in [5.41, 5.74) is 3.27. The summed E-state index contributed by atoms with van der Waals surface area (Å²) < 4.78 is 0. The molecule has 0 aromatic rings. The normalized spacial score (nSPS) is 60.1. The van der Waals surface area contributed by atoms with Crippen molar-refractivity contribution in [2.24, 2.45) is 33.0 Å². The second kappa shape index (κ2) is 3.49. The molecule has 4 rings (SSSR count). The van der Waals surface area contributed by atoms with E-state index in [1.54, 1.807) is 12.8 Å². The van der Waals surface area contributed by atoms with Gasteiger partial charge in [0.25, 0.3) is 0 Å². The van der Waals surface area contributed by atoms with Crippen molar-refractivity contribution >= 4 is 0 Å². The molecule has 0 aliphatic heterocycles. The average Bonchev–Trinajstić information content (AvgIpc) is 2.76. The minimum Gasteiger partial charge on any atom is -0.0596 e. The first-order valence-electron chi connectivity index (χ1n) is 9.17. The third kappa shape index (κ3) is 1.31. The van der Waals surface area contributed by atoms with Gasteiger partial charge in [0, 0.05) is 0 Å². The quantitative estimate of drug-likeness (QED) is 0.493. The molecule has 0 aromatic carbocycles. The lowest BCUT2D eigenvalue weighted by Crippen LogP contribution is -2.59. The minimum atomic E-state index is 0.588. The molecule has 1 spiro atoms. The maximum Gasteiger partial charge on any atom is -0.0181 e. The van der Waals surface area contributed by atoms with Gasteiger partial charge in [-0.15, -0.1) is 0 Å². The van der Waals surface area contributed by atoms with Crippen molar-refractivity contribution in [1.82, 2.24) is 0 Å². The number of hydrogen-bond acceptors (Lipinski definition) is 0. The predicted octanol–water partition coefficient (Wildman–Crippen LogP) is 6.20. The summed E-state index contributed by atoms with van der Waals surface area (Å²) in [6.45, 7) is 13.2. The van der Waals surface area contributed by atoms with E-state index in [2.05, 4.69) is 34.6 Å². The van der Waals surface area contributed by atoms with E-state index in [1.807, 2.05) is 0 Å². The molecule has 0 saturated heterocycles. The van der Waals surface area contributed by atoms with Crippen LogP contribution in [0.2, 0.25) is 0 Å². The van der Waals surface area contributed by atoms with Crippen LogP contribution in [0.4, 0.5) is 0 Å². The Hall–Kier alpha value is 0. The van der Waals surface area contributed by atoms with E-state index in [4.69, 9.17) is 0 Å². The van der Waals surface area contributed by atoms with Gasteiger partial charge in [-0.3, -0.25) is 0 Å². The summed E-state index contributed by atoms with van der Waals surface area (Å²) in [5.74, 6) is 0.984. The number of hydrogen-bond donors (Lipinski definition) is 0. The fourth-order valence-electron chi connectivity index (χ4n) is 8.57. The van der Waals surface area contributed by atoms with Crippen molar-refractivity contribution in [3.8, 4) is 0 Å².